The molecule has 5 heteroatoms. The van der Waals surface area contributed by atoms with Gasteiger partial charge in [-0.1, -0.05) is 0 Å². The van der Waals surface area contributed by atoms with Gasteiger partial charge >= 0.3 is 5.97 Å². The zero-order valence-electron chi connectivity index (χ0n) is 8.14. The Balaban J connectivity index is 2.49. The van der Waals surface area contributed by atoms with E-state index in [-0.39, 0.29) is 0 Å². The molecule has 0 aliphatic heterocycles. The van der Waals surface area contributed by atoms with Crippen molar-refractivity contribution in [2.75, 3.05) is 6.61 Å². The minimum absolute atomic E-state index is 0.344. The first kappa shape index (κ1) is 10.4. The summed E-state index contributed by atoms with van der Waals surface area (Å²) in [7, 11) is 0. The summed E-state index contributed by atoms with van der Waals surface area (Å²) in [6.07, 6.45) is 2.25. The van der Waals surface area contributed by atoms with Crippen LogP contribution in [0.2, 0.25) is 0 Å². The van der Waals surface area contributed by atoms with Gasteiger partial charge in [-0.15, -0.1) is 0 Å². The topological polar surface area (TPSA) is 61.3 Å². The zero-order chi connectivity index (χ0) is 10.4. The number of carbonyl (C=O) groups excluding carboxylic acids is 1. The second-order valence-electron chi connectivity index (χ2n) is 2.56. The van der Waals surface area contributed by atoms with Crippen LogP contribution in [0.4, 0.5) is 0 Å². The molecule has 1 aromatic rings. The number of aromatic nitrogens is 2. The highest BCUT2D eigenvalue weighted by Crippen LogP contribution is 2.05. The molecule has 0 aliphatic rings. The van der Waals surface area contributed by atoms with Gasteiger partial charge in [0.25, 0.3) is 0 Å². The molecule has 0 saturated carbocycles. The third-order valence-corrected chi connectivity index (χ3v) is 1.47. The van der Waals surface area contributed by atoms with Crippen molar-refractivity contribution in [2.24, 2.45) is 0 Å². The van der Waals surface area contributed by atoms with Crippen LogP contribution in [0.1, 0.15) is 13.8 Å². The Bertz CT molecular complexity index is 289. The number of esters is 1. The van der Waals surface area contributed by atoms with Crippen molar-refractivity contribution in [1.82, 2.24) is 9.97 Å². The van der Waals surface area contributed by atoms with Crippen LogP contribution in [0.15, 0.2) is 18.6 Å². The van der Waals surface area contributed by atoms with Crippen LogP contribution in [0.3, 0.4) is 0 Å². The fourth-order valence-corrected chi connectivity index (χ4v) is 0.837. The maximum Gasteiger partial charge on any atom is 0.347 e. The molecule has 1 unspecified atom stereocenters. The second-order valence-corrected chi connectivity index (χ2v) is 2.56. The van der Waals surface area contributed by atoms with E-state index in [0.29, 0.717) is 12.5 Å². The Kier molecular flexibility index (Phi) is 3.84. The maximum absolute atomic E-state index is 11.2. The summed E-state index contributed by atoms with van der Waals surface area (Å²) in [6, 6.07) is 1.58. The molecular weight excluding hydrogens is 184 g/mol. The van der Waals surface area contributed by atoms with Gasteiger partial charge in [-0.3, -0.25) is 0 Å². The van der Waals surface area contributed by atoms with E-state index in [1.54, 1.807) is 26.1 Å². The largest absolute Gasteiger partial charge is 0.463 e. The molecule has 1 rings (SSSR count). The highest BCUT2D eigenvalue weighted by Gasteiger charge is 2.15. The average Bonchev–Trinajstić information content (AvgIpc) is 2.19. The van der Waals surface area contributed by atoms with Crippen LogP contribution in [-0.4, -0.2) is 28.6 Å². The number of rotatable bonds is 4. The molecular formula is C9H12N2O3. The van der Waals surface area contributed by atoms with Crippen molar-refractivity contribution in [3.63, 3.8) is 0 Å². The van der Waals surface area contributed by atoms with Crippen molar-refractivity contribution >= 4 is 5.97 Å². The van der Waals surface area contributed by atoms with Crippen LogP contribution < -0.4 is 4.74 Å². The third kappa shape index (κ3) is 3.01. The summed E-state index contributed by atoms with van der Waals surface area (Å²) in [4.78, 5) is 18.7. The Morgan fingerprint density at radius 2 is 2.43 bits per heavy atom. The number of carbonyl (C=O) groups is 1. The molecule has 0 aromatic carbocycles. The summed E-state index contributed by atoms with van der Waals surface area (Å²) in [5.41, 5.74) is 0. The number of hydrogen-bond donors (Lipinski definition) is 0. The summed E-state index contributed by atoms with van der Waals surface area (Å²) in [5, 5.41) is 0. The quantitative estimate of drug-likeness (QED) is 0.667. The molecule has 0 N–H and O–H groups in total. The summed E-state index contributed by atoms with van der Waals surface area (Å²) in [6.45, 7) is 3.70. The smallest absolute Gasteiger partial charge is 0.347 e. The lowest BCUT2D eigenvalue weighted by atomic mass is 10.4. The molecule has 0 aliphatic carbocycles. The van der Waals surface area contributed by atoms with Gasteiger partial charge in [0, 0.05) is 12.3 Å². The van der Waals surface area contributed by atoms with Gasteiger partial charge in [-0.25, -0.2) is 14.8 Å². The van der Waals surface area contributed by atoms with E-state index in [1.807, 2.05) is 0 Å². The Labute approximate surface area is 82.1 Å². The lowest BCUT2D eigenvalue weighted by molar-refractivity contribution is -0.150. The summed E-state index contributed by atoms with van der Waals surface area (Å²) >= 11 is 0. The van der Waals surface area contributed by atoms with E-state index < -0.39 is 12.1 Å². The van der Waals surface area contributed by atoms with Crippen LogP contribution >= 0.6 is 0 Å². The number of hydrogen-bond acceptors (Lipinski definition) is 5. The molecule has 14 heavy (non-hydrogen) atoms. The Morgan fingerprint density at radius 3 is 3.00 bits per heavy atom. The van der Waals surface area contributed by atoms with Crippen LogP contribution in [-0.2, 0) is 9.53 Å². The molecule has 0 saturated heterocycles. The van der Waals surface area contributed by atoms with Crippen molar-refractivity contribution in [2.45, 2.75) is 20.0 Å². The SMILES string of the molecule is CCOC(=O)C(C)Oc1ccncn1. The average molecular weight is 196 g/mol. The first-order valence-electron chi connectivity index (χ1n) is 4.33. The maximum atomic E-state index is 11.2. The monoisotopic (exact) mass is 196 g/mol. The zero-order valence-corrected chi connectivity index (χ0v) is 8.14. The molecule has 5 nitrogen and oxygen atoms in total. The van der Waals surface area contributed by atoms with Crippen LogP contribution in [0.25, 0.3) is 0 Å². The van der Waals surface area contributed by atoms with Gasteiger partial charge in [0.2, 0.25) is 5.88 Å². The van der Waals surface area contributed by atoms with Gasteiger partial charge in [-0.2, -0.15) is 0 Å². The van der Waals surface area contributed by atoms with E-state index in [2.05, 4.69) is 9.97 Å². The Morgan fingerprint density at radius 1 is 1.64 bits per heavy atom. The van der Waals surface area contributed by atoms with E-state index in [4.69, 9.17) is 9.47 Å². The molecule has 0 amide bonds. The minimum atomic E-state index is -0.648. The Hall–Kier alpha value is -1.65. The van der Waals surface area contributed by atoms with Crippen LogP contribution in [0.5, 0.6) is 5.88 Å². The van der Waals surface area contributed by atoms with E-state index >= 15 is 0 Å². The molecule has 0 radical (unpaired) electrons. The molecule has 0 bridgehead atoms. The fraction of sp³-hybridized carbons (Fsp3) is 0.444. The van der Waals surface area contributed by atoms with E-state index in [0.717, 1.165) is 0 Å². The lowest BCUT2D eigenvalue weighted by Crippen LogP contribution is -2.26. The molecule has 1 aromatic heterocycles. The van der Waals surface area contributed by atoms with Crippen LogP contribution in [0, 0.1) is 0 Å². The van der Waals surface area contributed by atoms with E-state index in [1.165, 1.54) is 6.33 Å². The molecule has 1 atom stereocenters. The van der Waals surface area contributed by atoms with Crippen molar-refractivity contribution in [3.05, 3.63) is 18.6 Å². The van der Waals surface area contributed by atoms with Gasteiger partial charge in [-0.05, 0) is 13.8 Å². The standard InChI is InChI=1S/C9H12N2O3/c1-3-13-9(12)7(2)14-8-4-5-10-6-11-8/h4-7H,3H2,1-2H3. The highest BCUT2D eigenvalue weighted by atomic mass is 16.6. The van der Waals surface area contributed by atoms with Crippen molar-refractivity contribution in [1.29, 1.82) is 0 Å². The minimum Gasteiger partial charge on any atom is -0.463 e. The molecule has 76 valence electrons. The van der Waals surface area contributed by atoms with Gasteiger partial charge in [0.05, 0.1) is 6.61 Å². The van der Waals surface area contributed by atoms with Crippen molar-refractivity contribution < 1.29 is 14.3 Å². The normalized spacial score (nSPS) is 11.9. The number of ether oxygens (including phenoxy) is 2. The lowest BCUT2D eigenvalue weighted by Gasteiger charge is -2.11. The highest BCUT2D eigenvalue weighted by molar-refractivity contribution is 5.74. The second kappa shape index (κ2) is 5.16. The predicted octanol–water partition coefficient (Wildman–Crippen LogP) is 0.807. The molecule has 0 fully saturated rings. The molecule has 0 spiro atoms. The first-order chi connectivity index (χ1) is 6.74. The predicted molar refractivity (Wildman–Crippen MR) is 48.8 cm³/mol. The fourth-order valence-electron chi connectivity index (χ4n) is 0.837. The number of nitrogens with zero attached hydrogens (tertiary/aromatic N) is 2. The summed E-state index contributed by atoms with van der Waals surface area (Å²) in [5.74, 6) is -0.0355. The first-order valence-corrected chi connectivity index (χ1v) is 4.33. The molecule has 1 heterocycles. The van der Waals surface area contributed by atoms with Gasteiger partial charge < -0.3 is 9.47 Å². The third-order valence-electron chi connectivity index (χ3n) is 1.47. The van der Waals surface area contributed by atoms with Crippen molar-refractivity contribution in [3.8, 4) is 5.88 Å². The summed E-state index contributed by atoms with van der Waals surface area (Å²) < 4.78 is 9.97. The van der Waals surface area contributed by atoms with Gasteiger partial charge in [0.1, 0.15) is 6.33 Å². The van der Waals surface area contributed by atoms with E-state index in [9.17, 15) is 4.79 Å². The van der Waals surface area contributed by atoms with Gasteiger partial charge in [0.15, 0.2) is 6.10 Å².